The lowest BCUT2D eigenvalue weighted by Gasteiger charge is -2.30. The summed E-state index contributed by atoms with van der Waals surface area (Å²) in [5.41, 5.74) is 0. The maximum absolute atomic E-state index is 9.43. The minimum Gasteiger partial charge on any atom is -0.396 e. The summed E-state index contributed by atoms with van der Waals surface area (Å²) < 4.78 is 0. The second-order valence-electron chi connectivity index (χ2n) is 5.16. The Hall–Kier alpha value is -1.14. The average molecular weight is 300 g/mol. The lowest BCUT2D eigenvalue weighted by Crippen LogP contribution is -2.35. The molecule has 1 aromatic heterocycles. The maximum Gasteiger partial charge on any atom is 0.229 e. The molecule has 0 radical (unpaired) electrons. The van der Waals surface area contributed by atoms with Crippen LogP contribution in [-0.2, 0) is 0 Å². The van der Waals surface area contributed by atoms with E-state index in [2.05, 4.69) is 32.5 Å². The largest absolute Gasteiger partial charge is 0.396 e. The van der Waals surface area contributed by atoms with Gasteiger partial charge in [0.05, 0.1) is 0 Å². The summed E-state index contributed by atoms with van der Waals surface area (Å²) in [6.45, 7) is 3.06. The van der Waals surface area contributed by atoms with Crippen molar-refractivity contribution in [3.8, 4) is 0 Å². The molecule has 20 heavy (non-hydrogen) atoms. The zero-order chi connectivity index (χ0) is 14.4. The quantitative estimate of drug-likeness (QED) is 0.748. The molecule has 1 aliphatic rings. The van der Waals surface area contributed by atoms with Gasteiger partial charge < -0.3 is 15.7 Å². The van der Waals surface area contributed by atoms with E-state index in [1.54, 1.807) is 0 Å². The molecule has 0 bridgehead atoms. The number of aliphatic hydroxyl groups excluding tert-OH is 1. The van der Waals surface area contributed by atoms with E-state index in [0.717, 1.165) is 32.2 Å². The van der Waals surface area contributed by atoms with Crippen molar-refractivity contribution < 1.29 is 5.11 Å². The van der Waals surface area contributed by atoms with Crippen LogP contribution in [0.25, 0.3) is 0 Å². The van der Waals surface area contributed by atoms with Crippen molar-refractivity contribution in [1.29, 1.82) is 0 Å². The predicted molar refractivity (Wildman–Crippen MR) is 80.1 cm³/mol. The highest BCUT2D eigenvalue weighted by Gasteiger charge is 2.25. The molecule has 3 N–H and O–H groups in total. The lowest BCUT2D eigenvalue weighted by atomic mass is 9.85. The van der Waals surface area contributed by atoms with Gasteiger partial charge in [0.25, 0.3) is 0 Å². The van der Waals surface area contributed by atoms with Crippen molar-refractivity contribution in [2.75, 3.05) is 23.8 Å². The van der Waals surface area contributed by atoms with Crippen LogP contribution in [0.2, 0.25) is 5.28 Å². The minimum atomic E-state index is 0.178. The fourth-order valence-electron chi connectivity index (χ4n) is 2.51. The number of aliphatic hydroxyl groups is 1. The van der Waals surface area contributed by atoms with Gasteiger partial charge >= 0.3 is 0 Å². The van der Waals surface area contributed by atoms with Crippen LogP contribution in [0.4, 0.5) is 11.9 Å². The molecule has 7 heteroatoms. The van der Waals surface area contributed by atoms with E-state index in [9.17, 15) is 5.11 Å². The first-order valence-electron chi connectivity index (χ1n) is 7.25. The number of rotatable bonds is 6. The van der Waals surface area contributed by atoms with Crippen LogP contribution in [0.3, 0.4) is 0 Å². The van der Waals surface area contributed by atoms with Crippen LogP contribution in [0.5, 0.6) is 0 Å². The maximum atomic E-state index is 9.43. The first kappa shape index (κ1) is 15.3. The molecule has 0 amide bonds. The Balaban J connectivity index is 2.05. The third kappa shape index (κ3) is 4.18. The highest BCUT2D eigenvalue weighted by Crippen LogP contribution is 2.26. The topological polar surface area (TPSA) is 83.0 Å². The van der Waals surface area contributed by atoms with Crippen LogP contribution >= 0.6 is 11.6 Å². The molecule has 1 aliphatic carbocycles. The highest BCUT2D eigenvalue weighted by atomic mass is 35.5. The van der Waals surface area contributed by atoms with Crippen LogP contribution in [0.15, 0.2) is 0 Å². The third-order valence-corrected chi connectivity index (χ3v) is 3.77. The Morgan fingerprint density at radius 2 is 1.95 bits per heavy atom. The van der Waals surface area contributed by atoms with Crippen molar-refractivity contribution in [2.45, 2.75) is 45.1 Å². The molecule has 2 unspecified atom stereocenters. The van der Waals surface area contributed by atoms with Crippen molar-refractivity contribution in [2.24, 2.45) is 5.92 Å². The molecule has 2 rings (SSSR count). The molecule has 0 saturated heterocycles. The fraction of sp³-hybridized carbons (Fsp3) is 0.769. The van der Waals surface area contributed by atoms with Crippen LogP contribution < -0.4 is 10.6 Å². The van der Waals surface area contributed by atoms with Crippen LogP contribution in [0, 0.1) is 5.92 Å². The molecule has 112 valence electrons. The molecule has 6 nitrogen and oxygen atoms in total. The van der Waals surface area contributed by atoms with E-state index >= 15 is 0 Å². The predicted octanol–water partition coefficient (Wildman–Crippen LogP) is 2.31. The van der Waals surface area contributed by atoms with E-state index in [4.69, 9.17) is 11.6 Å². The van der Waals surface area contributed by atoms with Gasteiger partial charge in [-0.3, -0.25) is 0 Å². The van der Waals surface area contributed by atoms with Crippen molar-refractivity contribution >= 4 is 23.5 Å². The van der Waals surface area contributed by atoms with Gasteiger partial charge in [-0.15, -0.1) is 0 Å². The lowest BCUT2D eigenvalue weighted by molar-refractivity contribution is 0.178. The van der Waals surface area contributed by atoms with Crippen molar-refractivity contribution in [3.63, 3.8) is 0 Å². The normalized spacial score (nSPS) is 22.6. The highest BCUT2D eigenvalue weighted by molar-refractivity contribution is 6.28. The standard InChI is InChI=1S/C13H22ClN5O/c1-2-7-15-12-17-11(14)18-13(19-12)16-10-6-4-3-5-9(10)8-20/h9-10,20H,2-8H2,1H3,(H2,15,16,17,18,19). The number of anilines is 2. The Morgan fingerprint density at radius 3 is 2.70 bits per heavy atom. The summed E-state index contributed by atoms with van der Waals surface area (Å²) in [5, 5.41) is 16.0. The molecule has 0 spiro atoms. The molecule has 2 atom stereocenters. The van der Waals surface area contributed by atoms with Crippen LogP contribution in [-0.4, -0.2) is 39.3 Å². The van der Waals surface area contributed by atoms with Gasteiger partial charge in [-0.05, 0) is 30.9 Å². The summed E-state index contributed by atoms with van der Waals surface area (Å²) in [6.07, 6.45) is 5.38. The summed E-state index contributed by atoms with van der Waals surface area (Å²) in [4.78, 5) is 12.5. The zero-order valence-electron chi connectivity index (χ0n) is 11.8. The number of nitrogens with one attached hydrogen (secondary N) is 2. The number of halogens is 1. The molecular formula is C13H22ClN5O. The van der Waals surface area contributed by atoms with Gasteiger partial charge in [0.15, 0.2) is 0 Å². The van der Waals surface area contributed by atoms with Gasteiger partial charge in [0.2, 0.25) is 17.2 Å². The summed E-state index contributed by atoms with van der Waals surface area (Å²) in [7, 11) is 0. The molecular weight excluding hydrogens is 278 g/mol. The Bertz CT molecular complexity index is 431. The summed E-state index contributed by atoms with van der Waals surface area (Å²) in [6, 6.07) is 0.200. The van der Waals surface area contributed by atoms with Crippen molar-refractivity contribution in [1.82, 2.24) is 15.0 Å². The minimum absolute atomic E-state index is 0.178. The first-order chi connectivity index (χ1) is 9.72. The first-order valence-corrected chi connectivity index (χ1v) is 7.63. The number of hydrogen-bond donors (Lipinski definition) is 3. The van der Waals surface area contributed by atoms with Crippen molar-refractivity contribution in [3.05, 3.63) is 5.28 Å². The smallest absolute Gasteiger partial charge is 0.229 e. The van der Waals surface area contributed by atoms with Gasteiger partial charge in [-0.1, -0.05) is 19.8 Å². The summed E-state index contributed by atoms with van der Waals surface area (Å²) in [5.74, 6) is 1.23. The zero-order valence-corrected chi connectivity index (χ0v) is 12.5. The SMILES string of the molecule is CCCNc1nc(Cl)nc(NC2CCCCC2CO)n1. The number of aromatic nitrogens is 3. The van der Waals surface area contributed by atoms with Crippen LogP contribution in [0.1, 0.15) is 39.0 Å². The fourth-order valence-corrected chi connectivity index (χ4v) is 2.67. The van der Waals surface area contributed by atoms with Gasteiger partial charge in [-0.25, -0.2) is 0 Å². The molecule has 0 aromatic carbocycles. The van der Waals surface area contributed by atoms with E-state index < -0.39 is 0 Å². The average Bonchev–Trinajstić information content (AvgIpc) is 2.45. The number of nitrogens with zero attached hydrogens (tertiary/aromatic N) is 3. The summed E-state index contributed by atoms with van der Waals surface area (Å²) >= 11 is 5.93. The third-order valence-electron chi connectivity index (χ3n) is 3.60. The van der Waals surface area contributed by atoms with E-state index in [0.29, 0.717) is 11.9 Å². The van der Waals surface area contributed by atoms with E-state index in [1.807, 2.05) is 0 Å². The molecule has 1 heterocycles. The second kappa shape index (κ2) is 7.59. The van der Waals surface area contributed by atoms with Gasteiger partial charge in [0, 0.05) is 25.1 Å². The van der Waals surface area contributed by atoms with E-state index in [-0.39, 0.29) is 23.9 Å². The van der Waals surface area contributed by atoms with E-state index in [1.165, 1.54) is 6.42 Å². The Morgan fingerprint density at radius 1 is 1.20 bits per heavy atom. The Kier molecular flexibility index (Phi) is 5.79. The van der Waals surface area contributed by atoms with Gasteiger partial charge in [-0.2, -0.15) is 15.0 Å². The monoisotopic (exact) mass is 299 g/mol. The second-order valence-corrected chi connectivity index (χ2v) is 5.49. The number of hydrogen-bond acceptors (Lipinski definition) is 6. The molecule has 1 fully saturated rings. The van der Waals surface area contributed by atoms with Gasteiger partial charge in [0.1, 0.15) is 0 Å². The molecule has 1 saturated carbocycles. The molecule has 1 aromatic rings. The molecule has 0 aliphatic heterocycles. The Labute approximate surface area is 124 Å².